The van der Waals surface area contributed by atoms with Gasteiger partial charge in [0.05, 0.1) is 12.5 Å². The zero-order valence-electron chi connectivity index (χ0n) is 13.7. The fourth-order valence-corrected chi connectivity index (χ4v) is 2.88. The molecule has 2 atom stereocenters. The molecule has 0 spiro atoms. The first-order valence-electron chi connectivity index (χ1n) is 7.91. The summed E-state index contributed by atoms with van der Waals surface area (Å²) in [6.45, 7) is 3.31. The molecule has 0 bridgehead atoms. The number of carbonyl (C=O) groups excluding carboxylic acids is 2. The van der Waals surface area contributed by atoms with Crippen LogP contribution in [-0.4, -0.2) is 48.3 Å². The van der Waals surface area contributed by atoms with E-state index in [-0.39, 0.29) is 36.1 Å². The second-order valence-corrected chi connectivity index (χ2v) is 6.22. The normalized spacial score (nSPS) is 19.7. The number of benzene rings is 1. The molecule has 0 aliphatic carbocycles. The Morgan fingerprint density at radius 3 is 2.65 bits per heavy atom. The maximum absolute atomic E-state index is 13.0. The molecule has 5 nitrogen and oxygen atoms in total. The molecule has 1 aliphatic rings. The molecule has 2 amide bonds. The van der Waals surface area contributed by atoms with E-state index in [1.165, 1.54) is 12.1 Å². The zero-order valence-corrected chi connectivity index (χ0v) is 13.7. The summed E-state index contributed by atoms with van der Waals surface area (Å²) in [6, 6.07) is 6.29. The van der Waals surface area contributed by atoms with Gasteiger partial charge < -0.3 is 10.6 Å². The van der Waals surface area contributed by atoms with Crippen LogP contribution >= 0.6 is 0 Å². The van der Waals surface area contributed by atoms with Crippen LogP contribution in [0.2, 0.25) is 0 Å². The van der Waals surface area contributed by atoms with Crippen LogP contribution in [0.15, 0.2) is 24.3 Å². The fourth-order valence-electron chi connectivity index (χ4n) is 2.88. The molecule has 1 aliphatic heterocycles. The Morgan fingerprint density at radius 1 is 1.39 bits per heavy atom. The van der Waals surface area contributed by atoms with Crippen molar-refractivity contribution in [2.45, 2.75) is 25.8 Å². The quantitative estimate of drug-likeness (QED) is 0.894. The molecule has 0 aromatic heterocycles. The van der Waals surface area contributed by atoms with Crippen molar-refractivity contribution in [3.05, 3.63) is 35.6 Å². The van der Waals surface area contributed by atoms with Crippen molar-refractivity contribution in [3.63, 3.8) is 0 Å². The lowest BCUT2D eigenvalue weighted by Gasteiger charge is -2.33. The molecule has 0 radical (unpaired) electrons. The van der Waals surface area contributed by atoms with Crippen LogP contribution in [0.5, 0.6) is 0 Å². The molecule has 2 unspecified atom stereocenters. The second kappa shape index (κ2) is 7.55. The van der Waals surface area contributed by atoms with E-state index >= 15 is 0 Å². The maximum Gasteiger partial charge on any atom is 0.236 e. The van der Waals surface area contributed by atoms with Crippen LogP contribution in [0.25, 0.3) is 0 Å². The summed E-state index contributed by atoms with van der Waals surface area (Å²) >= 11 is 0. The number of carbonyl (C=O) groups is 2. The zero-order chi connectivity index (χ0) is 17.0. The summed E-state index contributed by atoms with van der Waals surface area (Å²) in [6.07, 6.45) is 1.55. The van der Waals surface area contributed by atoms with Gasteiger partial charge in [0.25, 0.3) is 0 Å². The van der Waals surface area contributed by atoms with Crippen molar-refractivity contribution < 1.29 is 14.0 Å². The topological polar surface area (TPSA) is 66.6 Å². The lowest BCUT2D eigenvalue weighted by molar-refractivity contribution is -0.136. The number of hydrogen-bond acceptors (Lipinski definition) is 3. The Bertz CT molecular complexity index is 561. The predicted octanol–water partition coefficient (Wildman–Crippen LogP) is 1.54. The molecular weight excluding hydrogens is 297 g/mol. The van der Waals surface area contributed by atoms with E-state index in [1.807, 2.05) is 18.9 Å². The maximum atomic E-state index is 13.0. The summed E-state index contributed by atoms with van der Waals surface area (Å²) < 4.78 is 13.0. The third-order valence-electron chi connectivity index (χ3n) is 4.57. The Kier molecular flexibility index (Phi) is 5.71. The molecule has 2 rings (SSSR count). The van der Waals surface area contributed by atoms with E-state index in [1.54, 1.807) is 17.0 Å². The van der Waals surface area contributed by atoms with Gasteiger partial charge in [0.2, 0.25) is 11.8 Å². The Labute approximate surface area is 136 Å². The minimum Gasteiger partial charge on any atom is -0.369 e. The van der Waals surface area contributed by atoms with Crippen molar-refractivity contribution in [2.75, 3.05) is 26.7 Å². The highest BCUT2D eigenvalue weighted by atomic mass is 19.1. The van der Waals surface area contributed by atoms with E-state index in [0.29, 0.717) is 13.1 Å². The van der Waals surface area contributed by atoms with Gasteiger partial charge in [0.1, 0.15) is 5.82 Å². The van der Waals surface area contributed by atoms with Crippen molar-refractivity contribution >= 4 is 11.8 Å². The van der Waals surface area contributed by atoms with E-state index in [0.717, 1.165) is 18.4 Å². The molecule has 1 heterocycles. The van der Waals surface area contributed by atoms with E-state index < -0.39 is 0 Å². The Morgan fingerprint density at radius 2 is 2.04 bits per heavy atom. The van der Waals surface area contributed by atoms with Gasteiger partial charge >= 0.3 is 0 Å². The third kappa shape index (κ3) is 4.51. The smallest absolute Gasteiger partial charge is 0.236 e. The average molecular weight is 321 g/mol. The first-order chi connectivity index (χ1) is 10.9. The van der Waals surface area contributed by atoms with Crippen molar-refractivity contribution in [1.29, 1.82) is 0 Å². The van der Waals surface area contributed by atoms with Crippen molar-refractivity contribution in [3.8, 4) is 0 Å². The number of piperidine rings is 1. The number of nitrogens with zero attached hydrogens (tertiary/aromatic N) is 2. The standard InChI is InChI=1S/C17H24FN3O2/c1-12(13-5-7-15(18)8-6-13)20(2)11-16(22)21-9-3-4-14(10-21)17(19)23/h5-8,12,14H,3-4,9-11H2,1-2H3,(H2,19,23). The second-order valence-electron chi connectivity index (χ2n) is 6.22. The lowest BCUT2D eigenvalue weighted by atomic mass is 9.97. The van der Waals surface area contributed by atoms with E-state index in [4.69, 9.17) is 5.73 Å². The highest BCUT2D eigenvalue weighted by molar-refractivity contribution is 5.81. The highest BCUT2D eigenvalue weighted by Gasteiger charge is 2.28. The highest BCUT2D eigenvalue weighted by Crippen LogP contribution is 2.20. The van der Waals surface area contributed by atoms with Crippen LogP contribution in [0.3, 0.4) is 0 Å². The van der Waals surface area contributed by atoms with Crippen molar-refractivity contribution in [2.24, 2.45) is 11.7 Å². The molecule has 1 fully saturated rings. The summed E-state index contributed by atoms with van der Waals surface area (Å²) in [5, 5.41) is 0. The van der Waals surface area contributed by atoms with Gasteiger partial charge in [-0.3, -0.25) is 14.5 Å². The van der Waals surface area contributed by atoms with Crippen LogP contribution in [0.1, 0.15) is 31.4 Å². The summed E-state index contributed by atoms with van der Waals surface area (Å²) in [5.41, 5.74) is 6.30. The molecular formula is C17H24FN3O2. The van der Waals surface area contributed by atoms with Gasteiger partial charge in [-0.05, 0) is 44.5 Å². The number of likely N-dealkylation sites (tertiary alicyclic amines) is 1. The van der Waals surface area contributed by atoms with Gasteiger partial charge in [0.15, 0.2) is 0 Å². The molecule has 1 aromatic carbocycles. The van der Waals surface area contributed by atoms with Crippen LogP contribution in [0, 0.1) is 11.7 Å². The van der Waals surface area contributed by atoms with Crippen LogP contribution < -0.4 is 5.73 Å². The molecule has 126 valence electrons. The predicted molar refractivity (Wildman–Crippen MR) is 85.9 cm³/mol. The SMILES string of the molecule is CC(c1ccc(F)cc1)N(C)CC(=O)N1CCCC(C(N)=O)C1. The van der Waals surface area contributed by atoms with Crippen molar-refractivity contribution in [1.82, 2.24) is 9.80 Å². The number of nitrogens with two attached hydrogens (primary N) is 1. The largest absolute Gasteiger partial charge is 0.369 e. The minimum atomic E-state index is -0.337. The number of amides is 2. The van der Waals surface area contributed by atoms with Gasteiger partial charge in [-0.1, -0.05) is 12.1 Å². The lowest BCUT2D eigenvalue weighted by Crippen LogP contribution is -2.47. The number of rotatable bonds is 5. The van der Waals surface area contributed by atoms with Gasteiger partial charge in [0, 0.05) is 19.1 Å². The molecule has 2 N–H and O–H groups in total. The van der Waals surface area contributed by atoms with Gasteiger partial charge in [-0.15, -0.1) is 0 Å². The molecule has 6 heteroatoms. The number of hydrogen-bond donors (Lipinski definition) is 1. The van der Waals surface area contributed by atoms with Gasteiger partial charge in [-0.25, -0.2) is 4.39 Å². The number of likely N-dealkylation sites (N-methyl/N-ethyl adjacent to an activating group) is 1. The Hall–Kier alpha value is -1.95. The Balaban J connectivity index is 1.93. The third-order valence-corrected chi connectivity index (χ3v) is 4.57. The number of halogens is 1. The van der Waals surface area contributed by atoms with Crippen LogP contribution in [0.4, 0.5) is 4.39 Å². The van der Waals surface area contributed by atoms with E-state index in [9.17, 15) is 14.0 Å². The van der Waals surface area contributed by atoms with Crippen LogP contribution in [-0.2, 0) is 9.59 Å². The first-order valence-corrected chi connectivity index (χ1v) is 7.91. The average Bonchev–Trinajstić information content (AvgIpc) is 2.54. The number of primary amides is 1. The van der Waals surface area contributed by atoms with E-state index in [2.05, 4.69) is 0 Å². The molecule has 1 saturated heterocycles. The fraction of sp³-hybridized carbons (Fsp3) is 0.529. The summed E-state index contributed by atoms with van der Waals surface area (Å²) in [7, 11) is 1.86. The monoisotopic (exact) mass is 321 g/mol. The minimum absolute atomic E-state index is 0.00345. The molecule has 1 aromatic rings. The summed E-state index contributed by atoms with van der Waals surface area (Å²) in [4.78, 5) is 27.4. The van der Waals surface area contributed by atoms with Gasteiger partial charge in [-0.2, -0.15) is 0 Å². The first kappa shape index (κ1) is 17.4. The molecule has 23 heavy (non-hydrogen) atoms. The molecule has 0 saturated carbocycles. The summed E-state index contributed by atoms with van der Waals surface area (Å²) in [5.74, 6) is -0.860.